The quantitative estimate of drug-likeness (QED) is 0.819. The van der Waals surface area contributed by atoms with Crippen LogP contribution >= 0.6 is 0 Å². The van der Waals surface area contributed by atoms with Gasteiger partial charge in [-0.3, -0.25) is 9.78 Å². The van der Waals surface area contributed by atoms with E-state index in [1.165, 1.54) is 12.3 Å². The van der Waals surface area contributed by atoms with E-state index in [1.807, 2.05) is 0 Å². The molecule has 2 rings (SSSR count). The van der Waals surface area contributed by atoms with Crippen molar-refractivity contribution in [1.82, 2.24) is 20.4 Å². The van der Waals surface area contributed by atoms with Gasteiger partial charge >= 0.3 is 0 Å². The van der Waals surface area contributed by atoms with Crippen molar-refractivity contribution in [3.8, 4) is 0 Å². The zero-order valence-corrected chi connectivity index (χ0v) is 8.05. The molecule has 0 aliphatic heterocycles. The van der Waals surface area contributed by atoms with Gasteiger partial charge in [-0.15, -0.1) is 0 Å². The summed E-state index contributed by atoms with van der Waals surface area (Å²) in [7, 11) is 0. The Morgan fingerprint density at radius 1 is 1.56 bits per heavy atom. The van der Waals surface area contributed by atoms with E-state index in [0.717, 1.165) is 12.6 Å². The first-order chi connectivity index (χ1) is 7.77. The van der Waals surface area contributed by atoms with E-state index in [9.17, 15) is 9.18 Å². The summed E-state index contributed by atoms with van der Waals surface area (Å²) >= 11 is 0. The zero-order chi connectivity index (χ0) is 11.4. The highest BCUT2D eigenvalue weighted by Crippen LogP contribution is 2.04. The SMILES string of the molecule is O=C(NCc1ncon1)c1ccncc1F. The van der Waals surface area contributed by atoms with E-state index in [0.29, 0.717) is 5.82 Å². The molecule has 1 N–H and O–H groups in total. The lowest BCUT2D eigenvalue weighted by Crippen LogP contribution is -2.24. The lowest BCUT2D eigenvalue weighted by Gasteiger charge is -2.02. The summed E-state index contributed by atoms with van der Waals surface area (Å²) in [6.45, 7) is 0.0805. The molecule has 7 heteroatoms. The van der Waals surface area contributed by atoms with Crippen molar-refractivity contribution >= 4 is 5.91 Å². The Morgan fingerprint density at radius 3 is 3.12 bits per heavy atom. The van der Waals surface area contributed by atoms with Crippen LogP contribution in [0.2, 0.25) is 0 Å². The summed E-state index contributed by atoms with van der Waals surface area (Å²) < 4.78 is 17.6. The molecule has 6 nitrogen and oxygen atoms in total. The first-order valence-electron chi connectivity index (χ1n) is 4.40. The summed E-state index contributed by atoms with van der Waals surface area (Å²) in [5, 5.41) is 5.95. The summed E-state index contributed by atoms with van der Waals surface area (Å²) in [5.41, 5.74) is -0.0708. The van der Waals surface area contributed by atoms with E-state index in [-0.39, 0.29) is 12.1 Å². The van der Waals surface area contributed by atoms with Gasteiger partial charge in [0.25, 0.3) is 5.91 Å². The van der Waals surface area contributed by atoms with Gasteiger partial charge < -0.3 is 9.84 Å². The van der Waals surface area contributed by atoms with E-state index in [1.54, 1.807) is 0 Å². The minimum Gasteiger partial charge on any atom is -0.345 e. The minimum absolute atomic E-state index is 0.0708. The normalized spacial score (nSPS) is 10.1. The Balaban J connectivity index is 2.01. The number of nitrogens with one attached hydrogen (secondary N) is 1. The Labute approximate surface area is 89.5 Å². The van der Waals surface area contributed by atoms with Crippen LogP contribution < -0.4 is 5.32 Å². The lowest BCUT2D eigenvalue weighted by atomic mass is 10.2. The van der Waals surface area contributed by atoms with Gasteiger partial charge in [0.05, 0.1) is 18.3 Å². The second-order valence-electron chi connectivity index (χ2n) is 2.89. The topological polar surface area (TPSA) is 80.9 Å². The molecular weight excluding hydrogens is 215 g/mol. The maximum Gasteiger partial charge on any atom is 0.254 e. The van der Waals surface area contributed by atoms with Crippen LogP contribution in [0.15, 0.2) is 29.4 Å². The van der Waals surface area contributed by atoms with E-state index in [4.69, 9.17) is 0 Å². The average Bonchev–Trinajstić information content (AvgIpc) is 2.79. The number of nitrogens with zero attached hydrogens (tertiary/aromatic N) is 3. The number of hydrogen-bond donors (Lipinski definition) is 1. The number of aromatic nitrogens is 3. The molecule has 2 heterocycles. The standard InChI is InChI=1S/C9H7FN4O2/c10-7-3-11-2-1-6(7)9(15)12-4-8-13-5-16-14-8/h1-3,5H,4H2,(H,12,15). The second-order valence-corrected chi connectivity index (χ2v) is 2.89. The highest BCUT2D eigenvalue weighted by Gasteiger charge is 2.11. The van der Waals surface area contributed by atoms with Gasteiger partial charge in [-0.2, -0.15) is 4.98 Å². The minimum atomic E-state index is -0.673. The van der Waals surface area contributed by atoms with Crippen molar-refractivity contribution in [2.75, 3.05) is 0 Å². The number of halogens is 1. The predicted octanol–water partition coefficient (Wildman–Crippen LogP) is 0.534. The fourth-order valence-electron chi connectivity index (χ4n) is 1.08. The van der Waals surface area contributed by atoms with E-state index < -0.39 is 11.7 Å². The fraction of sp³-hybridized carbons (Fsp3) is 0.111. The molecule has 2 aromatic rings. The van der Waals surface area contributed by atoms with Gasteiger partial charge in [0.1, 0.15) is 0 Å². The number of carbonyl (C=O) groups excluding carboxylic acids is 1. The molecule has 0 aliphatic carbocycles. The average molecular weight is 222 g/mol. The monoisotopic (exact) mass is 222 g/mol. The van der Waals surface area contributed by atoms with Gasteiger partial charge in [-0.1, -0.05) is 5.16 Å². The lowest BCUT2D eigenvalue weighted by molar-refractivity contribution is 0.0945. The van der Waals surface area contributed by atoms with E-state index in [2.05, 4.69) is 25.0 Å². The van der Waals surface area contributed by atoms with Crippen LogP contribution in [0.3, 0.4) is 0 Å². The van der Waals surface area contributed by atoms with E-state index >= 15 is 0 Å². The van der Waals surface area contributed by atoms with Crippen LogP contribution in [0.25, 0.3) is 0 Å². The number of hydrogen-bond acceptors (Lipinski definition) is 5. The maximum atomic E-state index is 13.1. The molecule has 16 heavy (non-hydrogen) atoms. The first kappa shape index (κ1) is 10.2. The summed E-state index contributed by atoms with van der Waals surface area (Å²) in [4.78, 5) is 18.7. The van der Waals surface area contributed by atoms with Crippen molar-refractivity contribution in [2.45, 2.75) is 6.54 Å². The Kier molecular flexibility index (Phi) is 2.86. The van der Waals surface area contributed by atoms with Crippen LogP contribution in [-0.4, -0.2) is 21.0 Å². The summed E-state index contributed by atoms with van der Waals surface area (Å²) in [6, 6.07) is 1.29. The van der Waals surface area contributed by atoms with Crippen LogP contribution in [0.5, 0.6) is 0 Å². The van der Waals surface area contributed by atoms with Gasteiger partial charge in [-0.05, 0) is 6.07 Å². The highest BCUT2D eigenvalue weighted by molar-refractivity contribution is 5.94. The van der Waals surface area contributed by atoms with Crippen LogP contribution in [0.1, 0.15) is 16.2 Å². The van der Waals surface area contributed by atoms with Crippen molar-refractivity contribution in [3.63, 3.8) is 0 Å². The molecule has 0 saturated heterocycles. The third-order valence-electron chi connectivity index (χ3n) is 1.83. The molecule has 0 saturated carbocycles. The smallest absolute Gasteiger partial charge is 0.254 e. The molecular formula is C9H7FN4O2. The predicted molar refractivity (Wildman–Crippen MR) is 49.7 cm³/mol. The molecule has 82 valence electrons. The molecule has 0 bridgehead atoms. The Morgan fingerprint density at radius 2 is 2.44 bits per heavy atom. The van der Waals surface area contributed by atoms with Gasteiger partial charge in [0, 0.05) is 6.20 Å². The molecule has 0 fully saturated rings. The molecule has 0 spiro atoms. The number of pyridine rings is 1. The molecule has 0 unspecified atom stereocenters. The van der Waals surface area contributed by atoms with Gasteiger partial charge in [0.2, 0.25) is 6.39 Å². The largest absolute Gasteiger partial charge is 0.345 e. The molecule has 0 aliphatic rings. The first-order valence-corrected chi connectivity index (χ1v) is 4.40. The van der Waals surface area contributed by atoms with Crippen LogP contribution in [0, 0.1) is 5.82 Å². The number of amides is 1. The van der Waals surface area contributed by atoms with Crippen LogP contribution in [0.4, 0.5) is 4.39 Å². The third-order valence-corrected chi connectivity index (χ3v) is 1.83. The van der Waals surface area contributed by atoms with Crippen molar-refractivity contribution in [3.05, 3.63) is 42.1 Å². The van der Waals surface area contributed by atoms with Gasteiger partial charge in [-0.25, -0.2) is 4.39 Å². The zero-order valence-electron chi connectivity index (χ0n) is 8.05. The maximum absolute atomic E-state index is 13.1. The summed E-state index contributed by atoms with van der Waals surface area (Å²) in [6.07, 6.45) is 3.46. The third kappa shape index (κ3) is 2.19. The molecule has 1 amide bonds. The van der Waals surface area contributed by atoms with Crippen molar-refractivity contribution < 1.29 is 13.7 Å². The number of rotatable bonds is 3. The van der Waals surface area contributed by atoms with Crippen molar-refractivity contribution in [2.24, 2.45) is 0 Å². The highest BCUT2D eigenvalue weighted by atomic mass is 19.1. The molecule has 0 radical (unpaired) electrons. The Hall–Kier alpha value is -2.31. The molecule has 0 atom stereocenters. The summed E-state index contributed by atoms with van der Waals surface area (Å²) in [5.74, 6) is -0.902. The van der Waals surface area contributed by atoms with Crippen LogP contribution in [-0.2, 0) is 6.54 Å². The van der Waals surface area contributed by atoms with Crippen molar-refractivity contribution in [1.29, 1.82) is 0 Å². The molecule has 0 aromatic carbocycles. The number of carbonyl (C=O) groups is 1. The fourth-order valence-corrected chi connectivity index (χ4v) is 1.08. The molecule has 2 aromatic heterocycles. The Bertz CT molecular complexity index is 486. The second kappa shape index (κ2) is 4.47. The van der Waals surface area contributed by atoms with Gasteiger partial charge in [0.15, 0.2) is 11.6 Å².